The number of hydrogen-bond acceptors (Lipinski definition) is 3. The van der Waals surface area contributed by atoms with Crippen molar-refractivity contribution in [2.24, 2.45) is 14.1 Å². The maximum absolute atomic E-state index is 12.6. The van der Waals surface area contributed by atoms with E-state index in [1.54, 1.807) is 30.9 Å². The van der Waals surface area contributed by atoms with Gasteiger partial charge >= 0.3 is 5.69 Å². The van der Waals surface area contributed by atoms with E-state index in [9.17, 15) is 14.0 Å². The molecule has 0 unspecified atom stereocenters. The fourth-order valence-corrected chi connectivity index (χ4v) is 2.84. The summed E-state index contributed by atoms with van der Waals surface area (Å²) in [5.74, 6) is 0. The monoisotopic (exact) mass is 342 g/mol. The summed E-state index contributed by atoms with van der Waals surface area (Å²) in [6, 6.07) is 9.21. The summed E-state index contributed by atoms with van der Waals surface area (Å²) in [4.78, 5) is 24.6. The highest BCUT2D eigenvalue weighted by Gasteiger charge is 2.15. The van der Waals surface area contributed by atoms with Crippen LogP contribution < -0.4 is 11.2 Å². The highest BCUT2D eigenvalue weighted by atomic mass is 19.1. The summed E-state index contributed by atoms with van der Waals surface area (Å²) in [6.07, 6.45) is 1.72. The lowest BCUT2D eigenvalue weighted by Gasteiger charge is -2.12. The summed E-state index contributed by atoms with van der Waals surface area (Å²) >= 11 is 0. The lowest BCUT2D eigenvalue weighted by molar-refractivity contribution is 0.427. The molecule has 130 valence electrons. The molecule has 3 rings (SSSR count). The number of rotatable bonds is 4. The molecule has 6 nitrogen and oxygen atoms in total. The zero-order valence-corrected chi connectivity index (χ0v) is 14.4. The van der Waals surface area contributed by atoms with Gasteiger partial charge in [0.1, 0.15) is 6.67 Å². The molecule has 0 fully saturated rings. The van der Waals surface area contributed by atoms with Gasteiger partial charge in [0, 0.05) is 31.5 Å². The van der Waals surface area contributed by atoms with Crippen molar-refractivity contribution in [2.45, 2.75) is 13.5 Å². The number of nitrogens with zero attached hydrogens (tertiary/aromatic N) is 4. The fourth-order valence-electron chi connectivity index (χ4n) is 2.84. The molecule has 2 aromatic heterocycles. The fraction of sp³-hybridized carbons (Fsp3) is 0.278. The average Bonchev–Trinajstić information content (AvgIpc) is 3.08. The van der Waals surface area contributed by atoms with E-state index in [1.165, 1.54) is 11.6 Å². The van der Waals surface area contributed by atoms with Crippen LogP contribution in [-0.4, -0.2) is 25.6 Å². The zero-order chi connectivity index (χ0) is 18.1. The van der Waals surface area contributed by atoms with Crippen molar-refractivity contribution in [3.63, 3.8) is 0 Å². The predicted octanol–water partition coefficient (Wildman–Crippen LogP) is 1.89. The normalized spacial score (nSPS) is 11.0. The van der Waals surface area contributed by atoms with E-state index >= 15 is 0 Å². The van der Waals surface area contributed by atoms with Gasteiger partial charge in [-0.2, -0.15) is 5.10 Å². The quantitative estimate of drug-likeness (QED) is 0.727. The molecule has 0 radical (unpaired) electrons. The maximum Gasteiger partial charge on any atom is 0.330 e. The Kier molecular flexibility index (Phi) is 4.39. The lowest BCUT2D eigenvalue weighted by atomic mass is 10.0. The lowest BCUT2D eigenvalue weighted by Crippen LogP contribution is -2.39. The molecular weight excluding hydrogens is 323 g/mol. The van der Waals surface area contributed by atoms with Crippen LogP contribution in [0.25, 0.3) is 22.4 Å². The third-order valence-corrected chi connectivity index (χ3v) is 4.36. The molecule has 0 aliphatic carbocycles. The Bertz CT molecular complexity index is 1050. The van der Waals surface area contributed by atoms with E-state index in [0.29, 0.717) is 22.5 Å². The van der Waals surface area contributed by atoms with E-state index in [1.807, 2.05) is 24.3 Å². The molecule has 7 heteroatoms. The molecular formula is C18H19FN4O2. The van der Waals surface area contributed by atoms with E-state index < -0.39 is 6.67 Å². The molecule has 0 aliphatic heterocycles. The zero-order valence-electron chi connectivity index (χ0n) is 14.4. The second-order valence-corrected chi connectivity index (χ2v) is 5.90. The number of aryl methyl sites for hydroxylation is 1. The van der Waals surface area contributed by atoms with E-state index in [4.69, 9.17) is 0 Å². The van der Waals surface area contributed by atoms with Crippen LogP contribution in [0.15, 0.2) is 46.1 Å². The first-order valence-electron chi connectivity index (χ1n) is 7.91. The molecule has 0 saturated heterocycles. The van der Waals surface area contributed by atoms with Gasteiger partial charge in [0.05, 0.1) is 17.8 Å². The first-order valence-corrected chi connectivity index (χ1v) is 7.91. The first-order chi connectivity index (χ1) is 11.9. The Hall–Kier alpha value is -2.96. The van der Waals surface area contributed by atoms with Crippen molar-refractivity contribution in [3.05, 3.63) is 63.1 Å². The Morgan fingerprint density at radius 3 is 2.52 bits per heavy atom. The molecule has 0 bridgehead atoms. The second kappa shape index (κ2) is 6.51. The van der Waals surface area contributed by atoms with Crippen LogP contribution in [0.5, 0.6) is 0 Å². The number of benzene rings is 1. The summed E-state index contributed by atoms with van der Waals surface area (Å²) < 4.78 is 16.5. The van der Waals surface area contributed by atoms with Gasteiger partial charge in [0.25, 0.3) is 5.56 Å². The van der Waals surface area contributed by atoms with Crippen molar-refractivity contribution in [1.82, 2.24) is 18.9 Å². The Morgan fingerprint density at radius 1 is 1.08 bits per heavy atom. The number of aromatic nitrogens is 4. The van der Waals surface area contributed by atoms with E-state index in [2.05, 4.69) is 5.10 Å². The topological polar surface area (TPSA) is 61.8 Å². The minimum atomic E-state index is -0.478. The summed E-state index contributed by atoms with van der Waals surface area (Å²) in [7, 11) is 3.11. The third-order valence-electron chi connectivity index (χ3n) is 4.36. The van der Waals surface area contributed by atoms with Crippen molar-refractivity contribution >= 4 is 0 Å². The molecule has 0 aliphatic rings. The SMILES string of the molecule is Cc1c(-c2cccc(-c3ccn(CCF)n3)c2)c(=O)n(C)c(=O)n1C. The van der Waals surface area contributed by atoms with E-state index in [0.717, 1.165) is 10.1 Å². The van der Waals surface area contributed by atoms with Crippen LogP contribution in [0.2, 0.25) is 0 Å². The van der Waals surface area contributed by atoms with Crippen LogP contribution in [0, 0.1) is 6.92 Å². The van der Waals surface area contributed by atoms with Crippen LogP contribution in [0.3, 0.4) is 0 Å². The summed E-state index contributed by atoms with van der Waals surface area (Å²) in [6.45, 7) is 1.48. The van der Waals surface area contributed by atoms with Crippen LogP contribution >= 0.6 is 0 Å². The molecule has 2 heterocycles. The van der Waals surface area contributed by atoms with Crippen LogP contribution in [-0.2, 0) is 20.6 Å². The minimum absolute atomic E-state index is 0.208. The van der Waals surface area contributed by atoms with Gasteiger partial charge < -0.3 is 4.57 Å². The van der Waals surface area contributed by atoms with Crippen molar-refractivity contribution in [1.29, 1.82) is 0 Å². The molecule has 0 spiro atoms. The summed E-state index contributed by atoms with van der Waals surface area (Å²) in [5.41, 5.74) is 2.64. The van der Waals surface area contributed by atoms with Gasteiger partial charge in [-0.25, -0.2) is 9.18 Å². The second-order valence-electron chi connectivity index (χ2n) is 5.90. The Labute approximate surface area is 143 Å². The van der Waals surface area contributed by atoms with E-state index in [-0.39, 0.29) is 17.8 Å². The number of hydrogen-bond donors (Lipinski definition) is 0. The van der Waals surface area contributed by atoms with Crippen LogP contribution in [0.1, 0.15) is 5.69 Å². The average molecular weight is 342 g/mol. The molecule has 1 aromatic carbocycles. The molecule has 0 saturated carbocycles. The maximum atomic E-state index is 12.6. The molecule has 3 aromatic rings. The molecule has 25 heavy (non-hydrogen) atoms. The largest absolute Gasteiger partial charge is 0.330 e. The Morgan fingerprint density at radius 2 is 1.80 bits per heavy atom. The first kappa shape index (κ1) is 16.9. The van der Waals surface area contributed by atoms with Crippen molar-refractivity contribution in [3.8, 4) is 22.4 Å². The molecule has 0 amide bonds. The van der Waals surface area contributed by atoms with Gasteiger partial charge in [-0.05, 0) is 24.6 Å². The number of halogens is 1. The van der Waals surface area contributed by atoms with Gasteiger partial charge in [-0.1, -0.05) is 18.2 Å². The van der Waals surface area contributed by atoms with Crippen molar-refractivity contribution < 1.29 is 4.39 Å². The molecule has 0 N–H and O–H groups in total. The van der Waals surface area contributed by atoms with Gasteiger partial charge in [-0.15, -0.1) is 0 Å². The van der Waals surface area contributed by atoms with Crippen LogP contribution in [0.4, 0.5) is 4.39 Å². The van der Waals surface area contributed by atoms with Crippen molar-refractivity contribution in [2.75, 3.05) is 6.67 Å². The predicted molar refractivity (Wildman–Crippen MR) is 94.3 cm³/mol. The molecule has 0 atom stereocenters. The summed E-state index contributed by atoms with van der Waals surface area (Å²) in [5, 5.41) is 4.34. The highest BCUT2D eigenvalue weighted by Crippen LogP contribution is 2.25. The smallest absolute Gasteiger partial charge is 0.300 e. The minimum Gasteiger partial charge on any atom is -0.300 e. The highest BCUT2D eigenvalue weighted by molar-refractivity contribution is 5.72. The van der Waals surface area contributed by atoms with Gasteiger partial charge in [-0.3, -0.25) is 14.0 Å². The van der Waals surface area contributed by atoms with Gasteiger partial charge in [0.15, 0.2) is 0 Å². The Balaban J connectivity index is 2.14. The third kappa shape index (κ3) is 2.93. The van der Waals surface area contributed by atoms with Gasteiger partial charge in [0.2, 0.25) is 0 Å². The number of alkyl halides is 1. The standard InChI is InChI=1S/C18H19FN4O2/c1-12-16(17(24)22(3)18(25)21(12)2)14-6-4-5-13(11-14)15-7-9-23(20-15)10-8-19/h4-7,9,11H,8,10H2,1-3H3.